The molecule has 5 rings (SSSR count). The van der Waals surface area contributed by atoms with Crippen LogP contribution < -0.4 is 37.9 Å². The van der Waals surface area contributed by atoms with Gasteiger partial charge in [-0.2, -0.15) is 0 Å². The lowest BCUT2D eigenvalue weighted by Gasteiger charge is -2.11. The molecule has 0 aliphatic heterocycles. The van der Waals surface area contributed by atoms with Crippen molar-refractivity contribution in [3.05, 3.63) is 132 Å². The van der Waals surface area contributed by atoms with Gasteiger partial charge in [0.2, 0.25) is 0 Å². The molecule has 0 amide bonds. The van der Waals surface area contributed by atoms with Crippen LogP contribution in [-0.2, 0) is 13.1 Å². The van der Waals surface area contributed by atoms with E-state index >= 15 is 0 Å². The van der Waals surface area contributed by atoms with Crippen molar-refractivity contribution in [2.75, 3.05) is 51.2 Å². The van der Waals surface area contributed by atoms with Crippen LogP contribution in [0.3, 0.4) is 0 Å². The van der Waals surface area contributed by atoms with Crippen molar-refractivity contribution < 1.29 is 37.7 Å². The Labute approximate surface area is 312 Å². The van der Waals surface area contributed by atoms with Crippen LogP contribution in [0.25, 0.3) is 0 Å². The van der Waals surface area contributed by atoms with Gasteiger partial charge < -0.3 is 28.7 Å². The van der Waals surface area contributed by atoms with Gasteiger partial charge in [-0.15, -0.1) is 0 Å². The molecule has 0 unspecified atom stereocenters. The number of nitrogens with zero attached hydrogens (tertiary/aromatic N) is 4. The number of hydrogen-bond acceptors (Lipinski definition) is 8. The Balaban J connectivity index is 0.999. The van der Waals surface area contributed by atoms with E-state index in [4.69, 9.17) is 18.9 Å². The molecular formula is C43H50N4O6+2. The topological polar surface area (TPSA) is 85.3 Å². The molecule has 2 heterocycles. The summed E-state index contributed by atoms with van der Waals surface area (Å²) < 4.78 is 27.3. The predicted octanol–water partition coefficient (Wildman–Crippen LogP) is 6.86. The molecule has 0 radical (unpaired) electrons. The molecule has 0 saturated heterocycles. The first-order chi connectivity index (χ1) is 25.6. The van der Waals surface area contributed by atoms with Crippen molar-refractivity contribution in [3.8, 4) is 23.0 Å². The number of aryl methyl sites for hydroxylation is 3. The fourth-order valence-electron chi connectivity index (χ4n) is 5.47. The monoisotopic (exact) mass is 718 g/mol. The van der Waals surface area contributed by atoms with Crippen LogP contribution in [0.4, 0.5) is 11.4 Å². The highest BCUT2D eigenvalue weighted by Gasteiger charge is 2.14. The molecule has 3 aromatic carbocycles. The van der Waals surface area contributed by atoms with Gasteiger partial charge in [-0.25, -0.2) is 18.7 Å². The summed E-state index contributed by atoms with van der Waals surface area (Å²) in [4.78, 5) is 29.8. The maximum atomic E-state index is 12.9. The van der Waals surface area contributed by atoms with Crippen molar-refractivity contribution in [2.24, 2.45) is 0 Å². The molecule has 2 aromatic heterocycles. The summed E-state index contributed by atoms with van der Waals surface area (Å²) in [5.74, 6) is 1.14. The molecular weight excluding hydrogens is 668 g/mol. The first-order valence-corrected chi connectivity index (χ1v) is 18.0. The Hall–Kier alpha value is -5.90. The second-order valence-corrected chi connectivity index (χ2v) is 13.2. The molecule has 276 valence electrons. The van der Waals surface area contributed by atoms with Crippen LogP contribution in [0.5, 0.6) is 23.0 Å². The molecule has 53 heavy (non-hydrogen) atoms. The first-order valence-electron chi connectivity index (χ1n) is 18.0. The third-order valence-electron chi connectivity index (χ3n) is 8.68. The van der Waals surface area contributed by atoms with Crippen LogP contribution in [0, 0.1) is 6.92 Å². The Morgan fingerprint density at radius 3 is 1.36 bits per heavy atom. The molecule has 0 N–H and O–H groups in total. The summed E-state index contributed by atoms with van der Waals surface area (Å²) >= 11 is 0. The quantitative estimate of drug-likeness (QED) is 0.0421. The Morgan fingerprint density at radius 1 is 0.528 bits per heavy atom. The van der Waals surface area contributed by atoms with Gasteiger partial charge in [0.05, 0.1) is 24.3 Å². The van der Waals surface area contributed by atoms with E-state index in [0.29, 0.717) is 52.9 Å². The van der Waals surface area contributed by atoms with E-state index in [1.54, 1.807) is 73.7 Å². The second kappa shape index (κ2) is 19.1. The van der Waals surface area contributed by atoms with Crippen LogP contribution in [-0.4, -0.2) is 53.3 Å². The first kappa shape index (κ1) is 38.3. The molecule has 10 heteroatoms. The van der Waals surface area contributed by atoms with E-state index in [1.807, 2.05) is 28.2 Å². The smallest absolute Gasteiger partial charge is 0.343 e. The lowest BCUT2D eigenvalue weighted by Crippen LogP contribution is -2.33. The maximum absolute atomic E-state index is 12.9. The molecule has 0 saturated carbocycles. The third-order valence-corrected chi connectivity index (χ3v) is 8.68. The van der Waals surface area contributed by atoms with Crippen molar-refractivity contribution in [1.82, 2.24) is 0 Å². The lowest BCUT2D eigenvalue weighted by molar-refractivity contribution is -0.697. The van der Waals surface area contributed by atoms with Crippen molar-refractivity contribution in [3.63, 3.8) is 0 Å². The van der Waals surface area contributed by atoms with Gasteiger partial charge in [0.15, 0.2) is 24.8 Å². The summed E-state index contributed by atoms with van der Waals surface area (Å²) in [6.07, 6.45) is 12.2. The minimum Gasteiger partial charge on any atom is -0.494 e. The molecule has 0 spiro atoms. The number of esters is 2. The van der Waals surface area contributed by atoms with E-state index in [1.165, 1.54) is 11.4 Å². The largest absolute Gasteiger partial charge is 0.494 e. The Morgan fingerprint density at radius 2 is 0.943 bits per heavy atom. The van der Waals surface area contributed by atoms with Gasteiger partial charge in [-0.3, -0.25) is 0 Å². The van der Waals surface area contributed by atoms with E-state index in [9.17, 15) is 9.59 Å². The summed E-state index contributed by atoms with van der Waals surface area (Å²) in [5.41, 5.74) is 3.81. The van der Waals surface area contributed by atoms with E-state index in [-0.39, 0.29) is 0 Å². The predicted molar refractivity (Wildman–Crippen MR) is 205 cm³/mol. The van der Waals surface area contributed by atoms with Gasteiger partial charge in [0, 0.05) is 76.7 Å². The average Bonchev–Trinajstić information content (AvgIpc) is 3.16. The van der Waals surface area contributed by atoms with Gasteiger partial charge in [0.25, 0.3) is 0 Å². The molecule has 10 nitrogen and oxygen atoms in total. The van der Waals surface area contributed by atoms with Crippen LogP contribution >= 0.6 is 0 Å². The summed E-state index contributed by atoms with van der Waals surface area (Å²) in [6, 6.07) is 27.1. The van der Waals surface area contributed by atoms with Crippen LogP contribution in [0.15, 0.2) is 116 Å². The number of aromatic nitrogens is 2. The molecule has 0 fully saturated rings. The zero-order chi connectivity index (χ0) is 37.6. The average molecular weight is 719 g/mol. The third kappa shape index (κ3) is 11.8. The van der Waals surface area contributed by atoms with Crippen molar-refractivity contribution >= 4 is 23.3 Å². The number of pyridine rings is 2. The van der Waals surface area contributed by atoms with E-state index in [0.717, 1.165) is 38.8 Å². The van der Waals surface area contributed by atoms with Crippen LogP contribution in [0.2, 0.25) is 0 Å². The fourth-order valence-corrected chi connectivity index (χ4v) is 5.47. The van der Waals surface area contributed by atoms with Gasteiger partial charge in [0.1, 0.15) is 36.1 Å². The number of carbonyl (C=O) groups excluding carboxylic acids is 2. The number of ether oxygens (including phenoxy) is 4. The molecule has 0 aliphatic carbocycles. The SMILES string of the molecule is Cc1cc(OC(=O)c2ccc(OCCCC[n+]3ccc(N(C)C)cc3)cc2)ccc1OC(=O)c1ccc(OCCCC[n+]2ccc(N(C)C)cc2)cc1. The van der Waals surface area contributed by atoms with Crippen molar-refractivity contribution in [2.45, 2.75) is 45.7 Å². The summed E-state index contributed by atoms with van der Waals surface area (Å²) in [5, 5.41) is 0. The molecule has 0 aliphatic rings. The minimum atomic E-state index is -0.492. The van der Waals surface area contributed by atoms with E-state index < -0.39 is 11.9 Å². The highest BCUT2D eigenvalue weighted by atomic mass is 16.5. The van der Waals surface area contributed by atoms with Gasteiger partial charge in [-0.1, -0.05) is 0 Å². The van der Waals surface area contributed by atoms with E-state index in [2.05, 4.69) is 68.0 Å². The highest BCUT2D eigenvalue weighted by Crippen LogP contribution is 2.26. The number of hydrogen-bond donors (Lipinski definition) is 0. The number of rotatable bonds is 18. The summed E-state index contributed by atoms with van der Waals surface area (Å²) in [6.45, 7) is 4.81. The standard InChI is InChI=1S/C43H50N4O6/c1-33-32-40(52-42(48)34-10-14-38(15-11-34)50-30-8-6-24-46-26-20-36(21-27-46)44(2)3)18-19-41(33)53-43(49)35-12-16-39(17-13-35)51-31-9-7-25-47-28-22-37(23-29-47)45(4)5/h10-23,26-29,32H,6-9,24-25,30-31H2,1-5H3/q+2. The number of benzene rings is 3. The highest BCUT2D eigenvalue weighted by molar-refractivity contribution is 5.92. The molecule has 0 atom stereocenters. The second-order valence-electron chi connectivity index (χ2n) is 13.2. The van der Waals surface area contributed by atoms with Gasteiger partial charge in [-0.05, 0) is 92.1 Å². The van der Waals surface area contributed by atoms with Crippen molar-refractivity contribution in [1.29, 1.82) is 0 Å². The maximum Gasteiger partial charge on any atom is 0.343 e. The minimum absolute atomic E-state index is 0.351. The fraction of sp³-hybridized carbons (Fsp3) is 0.302. The number of anilines is 2. The normalized spacial score (nSPS) is 10.7. The molecule has 0 bridgehead atoms. The van der Waals surface area contributed by atoms with Crippen LogP contribution in [0.1, 0.15) is 52.0 Å². The van der Waals surface area contributed by atoms with Gasteiger partial charge >= 0.3 is 11.9 Å². The lowest BCUT2D eigenvalue weighted by atomic mass is 10.2. The zero-order valence-corrected chi connectivity index (χ0v) is 31.4. The molecule has 5 aromatic rings. The Kier molecular flexibility index (Phi) is 13.8. The Bertz CT molecular complexity index is 1910. The number of unbranched alkanes of at least 4 members (excludes halogenated alkanes) is 2. The zero-order valence-electron chi connectivity index (χ0n) is 31.4. The number of carbonyl (C=O) groups is 2. The summed E-state index contributed by atoms with van der Waals surface area (Å²) in [7, 11) is 8.12.